The summed E-state index contributed by atoms with van der Waals surface area (Å²) in [7, 11) is 1.59. The lowest BCUT2D eigenvalue weighted by molar-refractivity contribution is -0.275. The van der Waals surface area contributed by atoms with Crippen LogP contribution in [0, 0.1) is 11.8 Å². The van der Waals surface area contributed by atoms with Crippen LogP contribution in [0.3, 0.4) is 0 Å². The van der Waals surface area contributed by atoms with Crippen LogP contribution in [0.2, 0.25) is 0 Å². The van der Waals surface area contributed by atoms with E-state index in [2.05, 4.69) is 33.7 Å². The molecule has 0 unspecified atom stereocenters. The zero-order valence-electron chi connectivity index (χ0n) is 18.4. The second-order valence-electron chi connectivity index (χ2n) is 8.85. The van der Waals surface area contributed by atoms with E-state index in [0.29, 0.717) is 46.0 Å². The third kappa shape index (κ3) is 4.67. The number of hydrogen-bond acceptors (Lipinski definition) is 4. The average Bonchev–Trinajstić information content (AvgIpc) is 3.21. The molecule has 3 aromatic rings. The van der Waals surface area contributed by atoms with Crippen LogP contribution in [0.15, 0.2) is 35.4 Å². The maximum Gasteiger partial charge on any atom is 0.573 e. The first-order valence-corrected chi connectivity index (χ1v) is 10.8. The fraction of sp³-hybridized carbons (Fsp3) is 0.478. The van der Waals surface area contributed by atoms with E-state index >= 15 is 0 Å². The smallest absolute Gasteiger partial charge is 0.405 e. The topological polar surface area (TPSA) is 63.2 Å². The van der Waals surface area contributed by atoms with Gasteiger partial charge in [-0.1, -0.05) is 26.0 Å². The zero-order chi connectivity index (χ0) is 23.0. The monoisotopic (exact) mass is 448 g/mol. The summed E-state index contributed by atoms with van der Waals surface area (Å²) in [6.07, 6.45) is 0.391. The molecule has 1 saturated heterocycles. The second kappa shape index (κ2) is 8.61. The van der Waals surface area contributed by atoms with E-state index in [4.69, 9.17) is 0 Å². The van der Waals surface area contributed by atoms with Crippen LogP contribution in [-0.4, -0.2) is 39.1 Å². The maximum absolute atomic E-state index is 13.2. The lowest BCUT2D eigenvalue weighted by Crippen LogP contribution is -2.35. The van der Waals surface area contributed by atoms with Gasteiger partial charge in [0.15, 0.2) is 0 Å². The Morgan fingerprint density at radius 2 is 1.97 bits per heavy atom. The maximum atomic E-state index is 13.2. The number of piperidine rings is 1. The third-order valence-electron chi connectivity index (χ3n) is 6.36. The summed E-state index contributed by atoms with van der Waals surface area (Å²) < 4.78 is 45.4. The molecule has 1 aliphatic heterocycles. The molecular formula is C23H27F3N4O2. The van der Waals surface area contributed by atoms with Gasteiger partial charge in [-0.15, -0.1) is 13.2 Å². The standard InChI is InChI=1S/C23H27F3N4O2/c1-14(2)15-6-8-30(9-7-15)12-17-5-4-16(10-20(17)32-23(24,25)26)19-13-29(3)22(31)21-18(19)11-27-28-21/h4-5,10-11,13-15H,6-9,12H2,1-3H3,(H,27,28). The summed E-state index contributed by atoms with van der Waals surface area (Å²) >= 11 is 0. The molecule has 9 heteroatoms. The first kappa shape index (κ1) is 22.4. The van der Waals surface area contributed by atoms with Crippen molar-refractivity contribution >= 4 is 10.9 Å². The van der Waals surface area contributed by atoms with Crippen molar-refractivity contribution in [1.29, 1.82) is 0 Å². The third-order valence-corrected chi connectivity index (χ3v) is 6.36. The van der Waals surface area contributed by atoms with Crippen molar-refractivity contribution in [3.8, 4) is 16.9 Å². The van der Waals surface area contributed by atoms with Crippen LogP contribution in [0.4, 0.5) is 13.2 Å². The van der Waals surface area contributed by atoms with Gasteiger partial charge in [-0.05, 0) is 49.4 Å². The molecule has 0 bridgehead atoms. The number of likely N-dealkylation sites (tertiary alicyclic amines) is 1. The molecule has 172 valence electrons. The van der Waals surface area contributed by atoms with Gasteiger partial charge in [0.1, 0.15) is 11.3 Å². The molecule has 0 saturated carbocycles. The lowest BCUT2D eigenvalue weighted by atomic mass is 9.86. The number of pyridine rings is 1. The predicted octanol–water partition coefficient (Wildman–Crippen LogP) is 4.70. The number of ether oxygens (including phenoxy) is 1. The summed E-state index contributed by atoms with van der Waals surface area (Å²) in [4.78, 5) is 14.5. The van der Waals surface area contributed by atoms with Gasteiger partial charge < -0.3 is 9.30 Å². The molecule has 0 aliphatic carbocycles. The van der Waals surface area contributed by atoms with Crippen molar-refractivity contribution in [1.82, 2.24) is 19.7 Å². The Bertz CT molecular complexity index is 1160. The number of H-pyrrole nitrogens is 1. The van der Waals surface area contributed by atoms with Crippen molar-refractivity contribution < 1.29 is 17.9 Å². The summed E-state index contributed by atoms with van der Waals surface area (Å²) in [5.41, 5.74) is 1.66. The van der Waals surface area contributed by atoms with E-state index in [1.165, 1.54) is 16.8 Å². The van der Waals surface area contributed by atoms with Gasteiger partial charge in [-0.2, -0.15) is 5.10 Å². The van der Waals surface area contributed by atoms with Crippen LogP contribution in [0.5, 0.6) is 5.75 Å². The molecule has 1 fully saturated rings. The van der Waals surface area contributed by atoms with Crippen LogP contribution < -0.4 is 10.3 Å². The molecule has 1 N–H and O–H groups in total. The number of aromatic amines is 1. The van der Waals surface area contributed by atoms with Crippen molar-refractivity contribution in [2.45, 2.75) is 39.6 Å². The number of aromatic nitrogens is 3. The molecule has 0 atom stereocenters. The number of rotatable bonds is 5. The molecule has 0 spiro atoms. The Labute approximate surface area is 184 Å². The lowest BCUT2D eigenvalue weighted by Gasteiger charge is -2.34. The van der Waals surface area contributed by atoms with E-state index < -0.39 is 6.36 Å². The van der Waals surface area contributed by atoms with Gasteiger partial charge in [0.2, 0.25) is 0 Å². The minimum Gasteiger partial charge on any atom is -0.405 e. The summed E-state index contributed by atoms with van der Waals surface area (Å²) in [6, 6.07) is 4.85. The summed E-state index contributed by atoms with van der Waals surface area (Å²) in [5, 5.41) is 7.15. The number of aryl methyl sites for hydroxylation is 1. The molecule has 32 heavy (non-hydrogen) atoms. The fourth-order valence-corrected chi connectivity index (χ4v) is 4.47. The number of nitrogens with one attached hydrogen (secondary N) is 1. The average molecular weight is 448 g/mol. The number of halogens is 3. The largest absolute Gasteiger partial charge is 0.573 e. The van der Waals surface area contributed by atoms with Gasteiger partial charge in [0.25, 0.3) is 5.56 Å². The molecule has 1 aromatic carbocycles. The van der Waals surface area contributed by atoms with E-state index in [1.807, 2.05) is 0 Å². The van der Waals surface area contributed by atoms with Crippen LogP contribution in [0.1, 0.15) is 32.3 Å². The number of nitrogens with zero attached hydrogens (tertiary/aromatic N) is 3. The Kier molecular flexibility index (Phi) is 6.03. The molecule has 3 heterocycles. The van der Waals surface area contributed by atoms with Gasteiger partial charge in [0.05, 0.1) is 6.20 Å². The van der Waals surface area contributed by atoms with Crippen molar-refractivity contribution in [3.05, 3.63) is 46.5 Å². The summed E-state index contributed by atoms with van der Waals surface area (Å²) in [5.74, 6) is 1.05. The van der Waals surface area contributed by atoms with Gasteiger partial charge in [-0.3, -0.25) is 14.8 Å². The van der Waals surface area contributed by atoms with E-state index in [9.17, 15) is 18.0 Å². The highest BCUT2D eigenvalue weighted by atomic mass is 19.4. The predicted molar refractivity (Wildman–Crippen MR) is 116 cm³/mol. The number of alkyl halides is 3. The minimum atomic E-state index is -4.80. The number of fused-ring (bicyclic) bond motifs is 1. The van der Waals surface area contributed by atoms with Crippen LogP contribution in [0.25, 0.3) is 22.0 Å². The quantitative estimate of drug-likeness (QED) is 0.615. The summed E-state index contributed by atoms with van der Waals surface area (Å²) in [6.45, 7) is 6.53. The normalized spacial score (nSPS) is 16.2. The first-order valence-electron chi connectivity index (χ1n) is 10.8. The Morgan fingerprint density at radius 3 is 2.62 bits per heavy atom. The molecule has 0 amide bonds. The number of hydrogen-bond donors (Lipinski definition) is 1. The van der Waals surface area contributed by atoms with E-state index in [1.54, 1.807) is 25.4 Å². The van der Waals surface area contributed by atoms with Crippen LogP contribution >= 0.6 is 0 Å². The molecule has 6 nitrogen and oxygen atoms in total. The van der Waals surface area contributed by atoms with Crippen LogP contribution in [-0.2, 0) is 13.6 Å². The highest BCUT2D eigenvalue weighted by Gasteiger charge is 2.33. The highest BCUT2D eigenvalue weighted by molar-refractivity contribution is 5.93. The fourth-order valence-electron chi connectivity index (χ4n) is 4.47. The van der Waals surface area contributed by atoms with Crippen molar-refractivity contribution in [3.63, 3.8) is 0 Å². The number of benzene rings is 1. The Morgan fingerprint density at radius 1 is 1.25 bits per heavy atom. The van der Waals surface area contributed by atoms with E-state index in [0.717, 1.165) is 25.9 Å². The zero-order valence-corrected chi connectivity index (χ0v) is 18.4. The second-order valence-corrected chi connectivity index (χ2v) is 8.85. The van der Waals surface area contributed by atoms with E-state index in [-0.39, 0.29) is 11.3 Å². The SMILES string of the molecule is CC(C)C1CCN(Cc2ccc(-c3cn(C)c(=O)c4[nH]ncc34)cc2OC(F)(F)F)CC1. The molecule has 4 rings (SSSR count). The Hall–Kier alpha value is -2.81. The van der Waals surface area contributed by atoms with Crippen molar-refractivity contribution in [2.24, 2.45) is 18.9 Å². The molecule has 0 radical (unpaired) electrons. The van der Waals surface area contributed by atoms with Gasteiger partial charge in [-0.25, -0.2) is 0 Å². The van der Waals surface area contributed by atoms with Gasteiger partial charge >= 0.3 is 6.36 Å². The molecular weight excluding hydrogens is 421 g/mol. The molecule has 2 aromatic heterocycles. The molecule has 1 aliphatic rings. The minimum absolute atomic E-state index is 0.216. The highest BCUT2D eigenvalue weighted by Crippen LogP contribution is 2.35. The first-order chi connectivity index (χ1) is 15.1. The van der Waals surface area contributed by atoms with Crippen molar-refractivity contribution in [2.75, 3.05) is 13.1 Å². The Balaban J connectivity index is 1.68. The van der Waals surface area contributed by atoms with Gasteiger partial charge in [0, 0.05) is 36.3 Å².